The molecule has 2 heteroatoms. The Morgan fingerprint density at radius 2 is 1.73 bits per heavy atom. The summed E-state index contributed by atoms with van der Waals surface area (Å²) in [6, 6.07) is 6.85. The first-order valence-electron chi connectivity index (χ1n) is 10.1. The van der Waals surface area contributed by atoms with Gasteiger partial charge in [0.15, 0.2) is 0 Å². The maximum Gasteiger partial charge on any atom is 0.0737 e. The molecule has 3 atom stereocenters. The summed E-state index contributed by atoms with van der Waals surface area (Å²) in [6.07, 6.45) is 6.89. The van der Waals surface area contributed by atoms with Crippen LogP contribution in [-0.4, -0.2) is 21.8 Å². The quantitative estimate of drug-likeness (QED) is 0.563. The van der Waals surface area contributed by atoms with Crippen LogP contribution in [0.2, 0.25) is 0 Å². The number of hydrogen-bond acceptors (Lipinski definition) is 2. The summed E-state index contributed by atoms with van der Waals surface area (Å²) in [6.45, 7) is 18.7. The molecule has 1 heterocycles. The van der Waals surface area contributed by atoms with Gasteiger partial charge in [-0.3, -0.25) is 4.99 Å². The molecule has 1 aromatic rings. The molecule has 0 saturated carbocycles. The van der Waals surface area contributed by atoms with E-state index in [0.717, 1.165) is 18.6 Å². The highest BCUT2D eigenvalue weighted by atomic mass is 32.2. The van der Waals surface area contributed by atoms with Crippen LogP contribution in [0.25, 0.3) is 6.08 Å². The second kappa shape index (κ2) is 6.26. The zero-order valence-electron chi connectivity index (χ0n) is 17.9. The number of thioether (sulfide) groups is 1. The normalized spacial score (nSPS) is 33.0. The standard InChI is InChI=1S/C24H35NS/c1-9-22(6)18-13-11-12-17-14-15-23(7,26-16-21(3,4)5)20(19(17)18)25-24(22,8)10-2/h11-15H,9-10,16H2,1-8H3. The van der Waals surface area contributed by atoms with Crippen LogP contribution < -0.4 is 0 Å². The first kappa shape index (κ1) is 19.7. The molecule has 142 valence electrons. The second-order valence-electron chi connectivity index (χ2n) is 9.83. The van der Waals surface area contributed by atoms with Gasteiger partial charge in [0.2, 0.25) is 0 Å². The fourth-order valence-corrected chi connectivity index (χ4v) is 5.54. The molecular formula is C24H35NS. The van der Waals surface area contributed by atoms with E-state index in [1.54, 1.807) is 0 Å². The van der Waals surface area contributed by atoms with E-state index < -0.39 is 0 Å². The van der Waals surface area contributed by atoms with Crippen molar-refractivity contribution in [3.8, 4) is 0 Å². The van der Waals surface area contributed by atoms with Gasteiger partial charge in [0, 0.05) is 11.0 Å². The van der Waals surface area contributed by atoms with E-state index in [1.165, 1.54) is 22.4 Å². The molecule has 0 radical (unpaired) electrons. The van der Waals surface area contributed by atoms with Crippen LogP contribution >= 0.6 is 11.8 Å². The van der Waals surface area contributed by atoms with E-state index >= 15 is 0 Å². The molecule has 3 rings (SSSR count). The van der Waals surface area contributed by atoms with Gasteiger partial charge in [-0.2, -0.15) is 0 Å². The van der Waals surface area contributed by atoms with Gasteiger partial charge in [0.05, 0.1) is 16.0 Å². The topological polar surface area (TPSA) is 12.4 Å². The number of rotatable bonds is 4. The van der Waals surface area contributed by atoms with Gasteiger partial charge in [-0.15, -0.1) is 11.8 Å². The molecule has 1 aliphatic carbocycles. The highest BCUT2D eigenvalue weighted by Gasteiger charge is 2.51. The third kappa shape index (κ3) is 2.89. The highest BCUT2D eigenvalue weighted by Crippen LogP contribution is 2.52. The van der Waals surface area contributed by atoms with Gasteiger partial charge in [0.25, 0.3) is 0 Å². The Morgan fingerprint density at radius 1 is 1.04 bits per heavy atom. The third-order valence-electron chi connectivity index (χ3n) is 6.73. The van der Waals surface area contributed by atoms with Crippen molar-refractivity contribution in [1.29, 1.82) is 0 Å². The van der Waals surface area contributed by atoms with Crippen LogP contribution in [0.15, 0.2) is 29.3 Å². The molecule has 2 aliphatic rings. The van der Waals surface area contributed by atoms with Crippen LogP contribution in [0.3, 0.4) is 0 Å². The van der Waals surface area contributed by atoms with Crippen molar-refractivity contribution >= 4 is 23.5 Å². The minimum absolute atomic E-state index is 0.0537. The van der Waals surface area contributed by atoms with Crippen molar-refractivity contribution in [3.63, 3.8) is 0 Å². The predicted molar refractivity (Wildman–Crippen MR) is 119 cm³/mol. The summed E-state index contributed by atoms with van der Waals surface area (Å²) < 4.78 is -0.0537. The summed E-state index contributed by atoms with van der Waals surface area (Å²) in [7, 11) is 0. The lowest BCUT2D eigenvalue weighted by Crippen LogP contribution is -2.53. The third-order valence-corrected chi connectivity index (χ3v) is 8.67. The second-order valence-corrected chi connectivity index (χ2v) is 11.3. The van der Waals surface area contributed by atoms with E-state index in [-0.39, 0.29) is 15.7 Å². The van der Waals surface area contributed by atoms with Gasteiger partial charge in [-0.05, 0) is 49.0 Å². The maximum atomic E-state index is 5.53. The van der Waals surface area contributed by atoms with Gasteiger partial charge in [-0.1, -0.05) is 71.9 Å². The van der Waals surface area contributed by atoms with Gasteiger partial charge >= 0.3 is 0 Å². The molecule has 0 aromatic heterocycles. The molecule has 0 bridgehead atoms. The minimum atomic E-state index is -0.0581. The summed E-state index contributed by atoms with van der Waals surface area (Å²) in [5.41, 5.74) is 5.88. The fraction of sp³-hybridized carbons (Fsp3) is 0.625. The maximum absolute atomic E-state index is 5.53. The Bertz CT molecular complexity index is 769. The van der Waals surface area contributed by atoms with Crippen LogP contribution in [0.4, 0.5) is 0 Å². The fourth-order valence-electron chi connectivity index (χ4n) is 4.36. The molecular weight excluding hydrogens is 334 g/mol. The Labute approximate surface area is 164 Å². The zero-order valence-corrected chi connectivity index (χ0v) is 18.7. The summed E-state index contributed by atoms with van der Waals surface area (Å²) in [5, 5.41) is 0. The van der Waals surface area contributed by atoms with Crippen LogP contribution in [-0.2, 0) is 5.41 Å². The highest BCUT2D eigenvalue weighted by molar-refractivity contribution is 8.01. The van der Waals surface area contributed by atoms with Gasteiger partial charge in [0.1, 0.15) is 0 Å². The van der Waals surface area contributed by atoms with E-state index in [2.05, 4.69) is 85.7 Å². The Kier molecular flexibility index (Phi) is 4.75. The summed E-state index contributed by atoms with van der Waals surface area (Å²) >= 11 is 2.05. The molecule has 0 spiro atoms. The molecule has 26 heavy (non-hydrogen) atoms. The van der Waals surface area contributed by atoms with E-state index in [4.69, 9.17) is 4.99 Å². The number of benzene rings is 1. The molecule has 0 fully saturated rings. The van der Waals surface area contributed by atoms with Gasteiger partial charge < -0.3 is 0 Å². The van der Waals surface area contributed by atoms with E-state index in [9.17, 15) is 0 Å². The first-order chi connectivity index (χ1) is 12.0. The van der Waals surface area contributed by atoms with Crippen LogP contribution in [0.1, 0.15) is 84.9 Å². The lowest BCUT2D eigenvalue weighted by Gasteiger charge is -2.51. The Balaban J connectivity index is 2.22. The average molecular weight is 370 g/mol. The molecule has 0 saturated heterocycles. The molecule has 1 aliphatic heterocycles. The molecule has 0 N–H and O–H groups in total. The minimum Gasteiger partial charge on any atom is -0.280 e. The SMILES string of the molecule is CCC1(C)N=C2c3c(cccc3C1(C)CC)C=CC2(C)SCC(C)(C)C. The molecule has 1 nitrogen and oxygen atoms in total. The summed E-state index contributed by atoms with van der Waals surface area (Å²) in [4.78, 5) is 5.53. The number of hydrogen-bond donors (Lipinski definition) is 0. The van der Waals surface area contributed by atoms with Crippen LogP contribution in [0, 0.1) is 5.41 Å². The summed E-state index contributed by atoms with van der Waals surface area (Å²) in [5.74, 6) is 1.12. The number of nitrogens with zero attached hydrogens (tertiary/aromatic N) is 1. The molecule has 3 unspecified atom stereocenters. The van der Waals surface area contributed by atoms with E-state index in [1.807, 2.05) is 11.8 Å². The molecule has 0 amide bonds. The Morgan fingerprint density at radius 3 is 2.31 bits per heavy atom. The lowest BCUT2D eigenvalue weighted by atomic mass is 9.60. The van der Waals surface area contributed by atoms with Crippen molar-refractivity contribution in [3.05, 3.63) is 41.0 Å². The van der Waals surface area contributed by atoms with Crippen LogP contribution in [0.5, 0.6) is 0 Å². The van der Waals surface area contributed by atoms with Crippen molar-refractivity contribution in [2.24, 2.45) is 10.4 Å². The molecule has 1 aromatic carbocycles. The Hall–Kier alpha value is -1.02. The smallest absolute Gasteiger partial charge is 0.0737 e. The van der Waals surface area contributed by atoms with E-state index in [0.29, 0.717) is 5.41 Å². The van der Waals surface area contributed by atoms with Crippen molar-refractivity contribution in [2.45, 2.75) is 83.9 Å². The lowest BCUT2D eigenvalue weighted by molar-refractivity contribution is 0.237. The van der Waals surface area contributed by atoms with Gasteiger partial charge in [-0.25, -0.2) is 0 Å². The first-order valence-corrected chi connectivity index (χ1v) is 11.1. The number of aliphatic imine (C=N–C) groups is 1. The van der Waals surface area contributed by atoms with Crippen molar-refractivity contribution in [1.82, 2.24) is 0 Å². The largest absolute Gasteiger partial charge is 0.280 e. The average Bonchev–Trinajstić information content (AvgIpc) is 2.60. The van der Waals surface area contributed by atoms with Crippen molar-refractivity contribution < 1.29 is 0 Å². The zero-order chi connectivity index (χ0) is 19.4. The predicted octanol–water partition coefficient (Wildman–Crippen LogP) is 6.89. The van der Waals surface area contributed by atoms with Crippen molar-refractivity contribution in [2.75, 3.05) is 5.75 Å². The monoisotopic (exact) mass is 369 g/mol.